The van der Waals surface area contributed by atoms with E-state index in [-0.39, 0.29) is 11.8 Å². The Morgan fingerprint density at radius 1 is 0.492 bits per heavy atom. The SMILES string of the molecule is CC(C)c1cc(N(c2ccc(C#N)cc2)c2cccc([SiH](C)C)c2)c2ccc3c(C(C)C)cc(N(c4ccc(C#N)cc4)c4cccc(S(C)(C)C)c4)c4ccc1c2c34. The maximum absolute atomic E-state index is 9.78. The van der Waals surface area contributed by atoms with Crippen molar-refractivity contribution in [2.24, 2.45) is 0 Å². The fourth-order valence-corrected chi connectivity index (χ4v) is 10.5. The minimum atomic E-state index is -1.11. The third-order valence-corrected chi connectivity index (χ3v) is 15.1. The molecule has 0 saturated carbocycles. The molecule has 0 N–H and O–H groups in total. The summed E-state index contributed by atoms with van der Waals surface area (Å²) in [6.07, 6.45) is 7.03. The monoisotopic (exact) mass is 804 g/mol. The van der Waals surface area contributed by atoms with E-state index in [0.29, 0.717) is 11.1 Å². The molecule has 0 heterocycles. The Bertz CT molecular complexity index is 2930. The second-order valence-corrected chi connectivity index (χ2v) is 24.5. The molecular formula is C53H52N4SSi. The minimum Gasteiger partial charge on any atom is -0.310 e. The molecule has 0 unspecified atom stereocenters. The van der Waals surface area contributed by atoms with Gasteiger partial charge in [-0.25, -0.2) is 10.0 Å². The molecular weight excluding hydrogens is 753 g/mol. The fraction of sp³-hybridized carbons (Fsp3) is 0.208. The van der Waals surface area contributed by atoms with Crippen molar-refractivity contribution in [1.82, 2.24) is 0 Å². The molecule has 8 aromatic rings. The highest BCUT2D eigenvalue weighted by Crippen LogP contribution is 2.52. The molecule has 0 saturated heterocycles. The van der Waals surface area contributed by atoms with Crippen molar-refractivity contribution in [3.63, 3.8) is 0 Å². The van der Waals surface area contributed by atoms with Crippen molar-refractivity contribution in [3.8, 4) is 12.1 Å². The molecule has 8 rings (SSSR count). The Balaban J connectivity index is 1.51. The normalized spacial score (nSPS) is 12.2. The largest absolute Gasteiger partial charge is 0.310 e. The maximum Gasteiger partial charge on any atom is 0.0991 e. The summed E-state index contributed by atoms with van der Waals surface area (Å²) in [6.45, 7) is 14.0. The van der Waals surface area contributed by atoms with Crippen molar-refractivity contribution in [1.29, 1.82) is 10.5 Å². The molecule has 0 amide bonds. The van der Waals surface area contributed by atoms with Crippen LogP contribution in [0.4, 0.5) is 34.1 Å². The van der Waals surface area contributed by atoms with Gasteiger partial charge in [0.2, 0.25) is 0 Å². The van der Waals surface area contributed by atoms with Crippen molar-refractivity contribution >= 4 is 90.5 Å². The van der Waals surface area contributed by atoms with E-state index in [2.05, 4.69) is 191 Å². The number of anilines is 6. The van der Waals surface area contributed by atoms with E-state index in [0.717, 1.165) is 34.1 Å². The van der Waals surface area contributed by atoms with E-state index >= 15 is 0 Å². The molecule has 0 bridgehead atoms. The van der Waals surface area contributed by atoms with Gasteiger partial charge in [-0.3, -0.25) is 0 Å². The molecule has 0 spiro atoms. The number of nitriles is 2. The molecule has 6 heteroatoms. The maximum atomic E-state index is 9.78. The fourth-order valence-electron chi connectivity index (χ4n) is 8.59. The van der Waals surface area contributed by atoms with Crippen LogP contribution in [0.5, 0.6) is 0 Å². The summed E-state index contributed by atoms with van der Waals surface area (Å²) in [4.78, 5) is 6.16. The third kappa shape index (κ3) is 7.22. The molecule has 0 fully saturated rings. The molecule has 0 aliphatic rings. The predicted octanol–water partition coefficient (Wildman–Crippen LogP) is 14.3. The van der Waals surface area contributed by atoms with E-state index in [9.17, 15) is 10.5 Å². The Labute approximate surface area is 353 Å². The van der Waals surface area contributed by atoms with Crippen LogP contribution in [0.3, 0.4) is 0 Å². The topological polar surface area (TPSA) is 54.1 Å². The van der Waals surface area contributed by atoms with Gasteiger partial charge in [0.25, 0.3) is 0 Å². The van der Waals surface area contributed by atoms with Crippen molar-refractivity contribution < 1.29 is 0 Å². The first-order valence-corrected chi connectivity index (χ1v) is 26.3. The van der Waals surface area contributed by atoms with Crippen LogP contribution in [-0.2, 0) is 0 Å². The van der Waals surface area contributed by atoms with Crippen LogP contribution in [0.15, 0.2) is 138 Å². The highest BCUT2D eigenvalue weighted by molar-refractivity contribution is 8.32. The average Bonchev–Trinajstić information content (AvgIpc) is 3.23. The highest BCUT2D eigenvalue weighted by Gasteiger charge is 2.26. The molecule has 0 aliphatic carbocycles. The van der Waals surface area contributed by atoms with Gasteiger partial charge >= 0.3 is 0 Å². The lowest BCUT2D eigenvalue weighted by atomic mass is 9.84. The second kappa shape index (κ2) is 15.6. The molecule has 0 aliphatic heterocycles. The Hall–Kier alpha value is -6.05. The lowest BCUT2D eigenvalue weighted by molar-refractivity contribution is 0.875. The first kappa shape index (κ1) is 39.8. The summed E-state index contributed by atoms with van der Waals surface area (Å²) in [5.41, 5.74) is 10.4. The van der Waals surface area contributed by atoms with Crippen LogP contribution in [-0.4, -0.2) is 27.6 Å². The number of nitrogens with zero attached hydrogens (tertiary/aromatic N) is 4. The van der Waals surface area contributed by atoms with Gasteiger partial charge in [-0.05, 0) is 159 Å². The zero-order valence-corrected chi connectivity index (χ0v) is 37.6. The number of rotatable bonds is 10. The number of benzene rings is 8. The summed E-state index contributed by atoms with van der Waals surface area (Å²) in [5, 5.41) is 28.4. The van der Waals surface area contributed by atoms with Gasteiger partial charge in [0.1, 0.15) is 0 Å². The average molecular weight is 805 g/mol. The Kier molecular flexibility index (Phi) is 10.5. The van der Waals surface area contributed by atoms with Crippen LogP contribution < -0.4 is 15.0 Å². The summed E-state index contributed by atoms with van der Waals surface area (Å²) >= 11 is 0. The van der Waals surface area contributed by atoms with Gasteiger partial charge in [-0.1, -0.05) is 88.4 Å². The van der Waals surface area contributed by atoms with Crippen LogP contribution >= 0.6 is 10.0 Å². The third-order valence-electron chi connectivity index (χ3n) is 11.7. The first-order valence-electron chi connectivity index (χ1n) is 20.6. The first-order chi connectivity index (χ1) is 28.3. The lowest BCUT2D eigenvalue weighted by Gasteiger charge is -2.33. The number of hydrogen-bond donors (Lipinski definition) is 0. The van der Waals surface area contributed by atoms with E-state index in [4.69, 9.17) is 0 Å². The molecule has 0 aromatic heterocycles. The summed E-state index contributed by atoms with van der Waals surface area (Å²) in [7, 11) is -2.12. The standard InChI is InChI=1S/C53H52N4SSi/c1-34(2)48-30-50(56(38-20-16-36(32-54)17-21-38)40-12-10-14-42(28-40)58(5,6)7)46-26-24-45-49(35(3)4)31-51(47-27-25-44(48)52(46)53(45)47)57(39-22-18-37(33-55)19-23-39)41-13-11-15-43(29-41)59(8)9/h10-31,34-35,59H,1-9H3. The van der Waals surface area contributed by atoms with Gasteiger partial charge in [-0.2, -0.15) is 10.5 Å². The Morgan fingerprint density at radius 3 is 1.32 bits per heavy atom. The van der Waals surface area contributed by atoms with Gasteiger partial charge in [-0.15, -0.1) is 0 Å². The van der Waals surface area contributed by atoms with Gasteiger partial charge in [0.15, 0.2) is 0 Å². The highest BCUT2D eigenvalue weighted by atomic mass is 32.3. The zero-order chi connectivity index (χ0) is 41.7. The molecule has 59 heavy (non-hydrogen) atoms. The van der Waals surface area contributed by atoms with E-state index in [1.807, 2.05) is 24.3 Å². The van der Waals surface area contributed by atoms with Crippen molar-refractivity contribution in [3.05, 3.63) is 156 Å². The van der Waals surface area contributed by atoms with Gasteiger partial charge < -0.3 is 9.80 Å². The van der Waals surface area contributed by atoms with E-state index in [1.54, 1.807) is 0 Å². The van der Waals surface area contributed by atoms with Crippen LogP contribution in [0, 0.1) is 22.7 Å². The van der Waals surface area contributed by atoms with Crippen LogP contribution in [0.2, 0.25) is 13.1 Å². The van der Waals surface area contributed by atoms with Gasteiger partial charge in [0, 0.05) is 33.5 Å². The predicted molar refractivity (Wildman–Crippen MR) is 259 cm³/mol. The van der Waals surface area contributed by atoms with Crippen LogP contribution in [0.1, 0.15) is 61.8 Å². The van der Waals surface area contributed by atoms with E-state index < -0.39 is 18.8 Å². The molecule has 4 nitrogen and oxygen atoms in total. The summed E-state index contributed by atoms with van der Waals surface area (Å²) in [5.74, 6) is 0.519. The molecule has 0 atom stereocenters. The number of hydrogen-bond acceptors (Lipinski definition) is 4. The summed E-state index contributed by atoms with van der Waals surface area (Å²) < 4.78 is 0. The quantitative estimate of drug-likeness (QED) is 0.102. The molecule has 294 valence electrons. The second-order valence-electron chi connectivity index (χ2n) is 17.4. The zero-order valence-electron chi connectivity index (χ0n) is 35.6. The molecule has 8 aromatic carbocycles. The lowest BCUT2D eigenvalue weighted by Crippen LogP contribution is -2.23. The van der Waals surface area contributed by atoms with Crippen molar-refractivity contribution in [2.45, 2.75) is 57.5 Å². The smallest absolute Gasteiger partial charge is 0.0991 e. The van der Waals surface area contributed by atoms with Gasteiger partial charge in [0.05, 0.1) is 43.4 Å². The summed E-state index contributed by atoms with van der Waals surface area (Å²) in [6, 6.07) is 53.0. The Morgan fingerprint density at radius 2 is 0.915 bits per heavy atom. The van der Waals surface area contributed by atoms with Crippen molar-refractivity contribution in [2.75, 3.05) is 28.6 Å². The minimum absolute atomic E-state index is 0.258. The van der Waals surface area contributed by atoms with E-state index in [1.165, 1.54) is 53.5 Å². The van der Waals surface area contributed by atoms with Crippen LogP contribution in [0.25, 0.3) is 32.3 Å². The molecule has 0 radical (unpaired) electrons.